The van der Waals surface area contributed by atoms with E-state index in [4.69, 9.17) is 0 Å². The van der Waals surface area contributed by atoms with Crippen LogP contribution in [0.3, 0.4) is 0 Å². The first kappa shape index (κ1) is 11.9. The van der Waals surface area contributed by atoms with Crippen LogP contribution in [0, 0.1) is 0 Å². The molecule has 0 spiro atoms. The van der Waals surface area contributed by atoms with Crippen molar-refractivity contribution in [3.05, 3.63) is 69.7 Å². The van der Waals surface area contributed by atoms with E-state index in [1.807, 2.05) is 0 Å². The Morgan fingerprint density at radius 1 is 1.06 bits per heavy atom. The van der Waals surface area contributed by atoms with Gasteiger partial charge in [0.2, 0.25) is 0 Å². The first-order valence-corrected chi connectivity index (χ1v) is 7.15. The molecule has 0 fully saturated rings. The molecule has 0 saturated heterocycles. The van der Waals surface area contributed by atoms with Crippen LogP contribution in [0.4, 0.5) is 0 Å². The van der Waals surface area contributed by atoms with Gasteiger partial charge in [-0.25, -0.2) is 0 Å². The Kier molecular flexibility index (Phi) is 3.48. The minimum Gasteiger partial charge on any atom is -0.312 e. The van der Waals surface area contributed by atoms with E-state index in [1.54, 1.807) is 0 Å². The van der Waals surface area contributed by atoms with E-state index in [1.165, 1.54) is 23.1 Å². The highest BCUT2D eigenvalue weighted by atomic mass is 79.9. The number of fused-ring (bicyclic) bond motifs is 1. The van der Waals surface area contributed by atoms with E-state index in [0.29, 0.717) is 5.92 Å². The van der Waals surface area contributed by atoms with Gasteiger partial charge in [0.25, 0.3) is 0 Å². The number of halogens is 1. The molecular weight excluding hydrogens is 286 g/mol. The molecule has 0 bridgehead atoms. The van der Waals surface area contributed by atoms with Crippen LogP contribution in [-0.4, -0.2) is 6.54 Å². The second kappa shape index (κ2) is 5.25. The van der Waals surface area contributed by atoms with E-state index < -0.39 is 0 Å². The average molecular weight is 302 g/mol. The van der Waals surface area contributed by atoms with Gasteiger partial charge < -0.3 is 5.32 Å². The highest BCUT2D eigenvalue weighted by molar-refractivity contribution is 9.10. The summed E-state index contributed by atoms with van der Waals surface area (Å²) in [5, 5.41) is 3.55. The van der Waals surface area contributed by atoms with Gasteiger partial charge >= 0.3 is 0 Å². The predicted octanol–water partition coefficient (Wildman–Crippen LogP) is 3.88. The van der Waals surface area contributed by atoms with Crippen molar-refractivity contribution in [1.82, 2.24) is 5.32 Å². The lowest BCUT2D eigenvalue weighted by Crippen LogP contribution is -2.28. The monoisotopic (exact) mass is 301 g/mol. The van der Waals surface area contributed by atoms with Crippen LogP contribution in [0.25, 0.3) is 0 Å². The highest BCUT2D eigenvalue weighted by Gasteiger charge is 2.24. The zero-order chi connectivity index (χ0) is 12.4. The first-order valence-electron chi connectivity index (χ1n) is 6.36. The van der Waals surface area contributed by atoms with Gasteiger partial charge in [-0.1, -0.05) is 52.3 Å². The van der Waals surface area contributed by atoms with Crippen LogP contribution in [0.1, 0.15) is 22.6 Å². The average Bonchev–Trinajstić information content (AvgIpc) is 2.37. The van der Waals surface area contributed by atoms with Crippen LogP contribution in [0.2, 0.25) is 0 Å². The fourth-order valence-corrected chi connectivity index (χ4v) is 2.80. The summed E-state index contributed by atoms with van der Waals surface area (Å²) in [4.78, 5) is 0. The van der Waals surface area contributed by atoms with E-state index in [9.17, 15) is 0 Å². The smallest absolute Gasteiger partial charge is 0.0205 e. The maximum absolute atomic E-state index is 3.55. The van der Waals surface area contributed by atoms with Crippen molar-refractivity contribution in [1.29, 1.82) is 0 Å². The molecule has 1 aliphatic carbocycles. The Morgan fingerprint density at radius 2 is 1.83 bits per heavy atom. The van der Waals surface area contributed by atoms with Crippen molar-refractivity contribution in [2.75, 3.05) is 6.54 Å². The minimum absolute atomic E-state index is 0.705. The van der Waals surface area contributed by atoms with Crippen molar-refractivity contribution < 1.29 is 0 Å². The van der Waals surface area contributed by atoms with E-state index in [-0.39, 0.29) is 0 Å². The van der Waals surface area contributed by atoms with Crippen LogP contribution in [0.15, 0.2) is 53.0 Å². The lowest BCUT2D eigenvalue weighted by molar-refractivity contribution is 0.536. The summed E-state index contributed by atoms with van der Waals surface area (Å²) in [6, 6.07) is 17.3. The van der Waals surface area contributed by atoms with Crippen LogP contribution >= 0.6 is 15.9 Å². The fraction of sp³-hybridized carbons (Fsp3) is 0.250. The molecule has 1 aliphatic rings. The molecule has 2 aromatic carbocycles. The number of benzene rings is 2. The zero-order valence-corrected chi connectivity index (χ0v) is 11.8. The van der Waals surface area contributed by atoms with Gasteiger partial charge in [-0.3, -0.25) is 0 Å². The Hall–Kier alpha value is -1.12. The summed E-state index contributed by atoms with van der Waals surface area (Å²) >= 11 is 3.45. The zero-order valence-electron chi connectivity index (χ0n) is 10.2. The molecular formula is C16H16BrN. The lowest BCUT2D eigenvalue weighted by atomic mass is 9.77. The van der Waals surface area contributed by atoms with Gasteiger partial charge in [0, 0.05) is 23.5 Å². The van der Waals surface area contributed by atoms with Crippen molar-refractivity contribution in [2.45, 2.75) is 18.9 Å². The molecule has 0 aliphatic heterocycles. The number of nitrogens with one attached hydrogen (secondary N) is 1. The SMILES string of the molecule is Brc1ccc(CNCC2Cc3ccccc32)cc1. The van der Waals surface area contributed by atoms with Gasteiger partial charge in [0.15, 0.2) is 0 Å². The molecule has 2 aromatic rings. The van der Waals surface area contributed by atoms with Gasteiger partial charge in [-0.2, -0.15) is 0 Å². The topological polar surface area (TPSA) is 12.0 Å². The van der Waals surface area contributed by atoms with Crippen LogP contribution in [0.5, 0.6) is 0 Å². The molecule has 0 radical (unpaired) electrons. The molecule has 0 heterocycles. The molecule has 1 N–H and O–H groups in total. The fourth-order valence-electron chi connectivity index (χ4n) is 2.54. The Bertz CT molecular complexity index is 533. The second-order valence-electron chi connectivity index (χ2n) is 4.86. The Labute approximate surface area is 116 Å². The molecule has 1 unspecified atom stereocenters. The van der Waals surface area contributed by atoms with Crippen molar-refractivity contribution in [2.24, 2.45) is 0 Å². The quantitative estimate of drug-likeness (QED) is 0.904. The van der Waals surface area contributed by atoms with E-state index >= 15 is 0 Å². The summed E-state index contributed by atoms with van der Waals surface area (Å²) in [6.45, 7) is 2.03. The van der Waals surface area contributed by atoms with Crippen molar-refractivity contribution in [3.63, 3.8) is 0 Å². The Morgan fingerprint density at radius 3 is 2.61 bits per heavy atom. The summed E-state index contributed by atoms with van der Waals surface area (Å²) in [6.07, 6.45) is 1.23. The largest absolute Gasteiger partial charge is 0.312 e. The normalized spacial score (nSPS) is 17.1. The Balaban J connectivity index is 1.51. The third-order valence-corrected chi connectivity index (χ3v) is 4.12. The predicted molar refractivity (Wildman–Crippen MR) is 78.7 cm³/mol. The highest BCUT2D eigenvalue weighted by Crippen LogP contribution is 2.33. The molecule has 0 amide bonds. The van der Waals surface area contributed by atoms with Crippen LogP contribution < -0.4 is 5.32 Å². The molecule has 18 heavy (non-hydrogen) atoms. The van der Waals surface area contributed by atoms with Crippen molar-refractivity contribution in [3.8, 4) is 0 Å². The standard InChI is InChI=1S/C16H16BrN/c17-15-7-5-12(6-8-15)10-18-11-14-9-13-3-1-2-4-16(13)14/h1-8,14,18H,9-11H2. The number of hydrogen-bond donors (Lipinski definition) is 1. The van der Waals surface area contributed by atoms with E-state index in [2.05, 4.69) is 69.8 Å². The summed E-state index contributed by atoms with van der Waals surface area (Å²) < 4.78 is 1.14. The van der Waals surface area contributed by atoms with Crippen molar-refractivity contribution >= 4 is 15.9 Å². The first-order chi connectivity index (χ1) is 8.83. The minimum atomic E-state index is 0.705. The molecule has 0 aromatic heterocycles. The number of rotatable bonds is 4. The maximum Gasteiger partial charge on any atom is 0.0205 e. The molecule has 0 saturated carbocycles. The maximum atomic E-state index is 3.55. The summed E-state index contributed by atoms with van der Waals surface area (Å²) in [5.74, 6) is 0.705. The lowest BCUT2D eigenvalue weighted by Gasteiger charge is -2.30. The van der Waals surface area contributed by atoms with Crippen LogP contribution in [-0.2, 0) is 13.0 Å². The molecule has 3 rings (SSSR count). The second-order valence-corrected chi connectivity index (χ2v) is 5.77. The van der Waals surface area contributed by atoms with Gasteiger partial charge in [0.1, 0.15) is 0 Å². The van der Waals surface area contributed by atoms with E-state index in [0.717, 1.165) is 17.6 Å². The summed E-state index contributed by atoms with van der Waals surface area (Å²) in [7, 11) is 0. The third-order valence-electron chi connectivity index (χ3n) is 3.59. The van der Waals surface area contributed by atoms with Gasteiger partial charge in [0.05, 0.1) is 0 Å². The van der Waals surface area contributed by atoms with Gasteiger partial charge in [-0.05, 0) is 35.2 Å². The van der Waals surface area contributed by atoms with Gasteiger partial charge in [-0.15, -0.1) is 0 Å². The molecule has 2 heteroatoms. The third kappa shape index (κ3) is 2.50. The number of hydrogen-bond acceptors (Lipinski definition) is 1. The summed E-state index contributed by atoms with van der Waals surface area (Å²) in [5.41, 5.74) is 4.39. The molecule has 1 atom stereocenters. The molecule has 92 valence electrons. The molecule has 1 nitrogen and oxygen atoms in total.